The number of terminal acetylenes is 1. The molecule has 0 aromatic heterocycles. The molecule has 1 aromatic rings. The number of carbonyl (C=O) groups is 1. The molecule has 0 spiro atoms. The molecule has 0 aliphatic heterocycles. The molecule has 3 N–H and O–H groups in total. The molecule has 84 valence electrons. The van der Waals surface area contributed by atoms with Crippen LogP contribution in [0.25, 0.3) is 0 Å². The molecule has 1 rings (SSSR count). The van der Waals surface area contributed by atoms with Crippen LogP contribution in [0.1, 0.15) is 29.3 Å². The van der Waals surface area contributed by atoms with Crippen molar-refractivity contribution in [1.82, 2.24) is 5.32 Å². The van der Waals surface area contributed by atoms with Crippen LogP contribution in [0, 0.1) is 19.3 Å². The summed E-state index contributed by atoms with van der Waals surface area (Å²) < 4.78 is 0. The lowest BCUT2D eigenvalue weighted by atomic mass is 10.1. The normalized spacial score (nSPS) is 11.6. The molecule has 0 fully saturated rings. The van der Waals surface area contributed by atoms with Crippen LogP contribution in [0.2, 0.25) is 0 Å². The number of aryl methyl sites for hydroxylation is 1. The van der Waals surface area contributed by atoms with E-state index >= 15 is 0 Å². The average Bonchev–Trinajstić information content (AvgIpc) is 2.29. The Balaban J connectivity index is 2.81. The average molecular weight is 216 g/mol. The maximum Gasteiger partial charge on any atom is 0.252 e. The quantitative estimate of drug-likeness (QED) is 0.597. The summed E-state index contributed by atoms with van der Waals surface area (Å²) in [7, 11) is 0. The van der Waals surface area contributed by atoms with Gasteiger partial charge < -0.3 is 11.1 Å². The van der Waals surface area contributed by atoms with Crippen LogP contribution in [-0.4, -0.2) is 11.9 Å². The van der Waals surface area contributed by atoms with Gasteiger partial charge >= 0.3 is 0 Å². The Kier molecular flexibility index (Phi) is 3.96. The van der Waals surface area contributed by atoms with E-state index in [1.165, 1.54) is 0 Å². The topological polar surface area (TPSA) is 55.1 Å². The number of anilines is 1. The first-order valence-electron chi connectivity index (χ1n) is 5.21. The third-order valence-corrected chi connectivity index (χ3v) is 2.46. The number of hydrogen-bond acceptors (Lipinski definition) is 2. The Morgan fingerprint density at radius 2 is 2.31 bits per heavy atom. The maximum atomic E-state index is 11.8. The standard InChI is InChI=1S/C13H16N2O/c1-4-11(5-2)15-13(16)10-7-6-9(3)12(14)8-10/h1,6-8,11H,5,14H2,2-3H3,(H,15,16). The van der Waals surface area contributed by atoms with E-state index in [9.17, 15) is 4.79 Å². The third kappa shape index (κ3) is 2.77. The van der Waals surface area contributed by atoms with Gasteiger partial charge in [0.05, 0.1) is 6.04 Å². The molecule has 0 aliphatic rings. The second kappa shape index (κ2) is 5.22. The van der Waals surface area contributed by atoms with Crippen LogP contribution in [0.5, 0.6) is 0 Å². The molecule has 0 saturated carbocycles. The summed E-state index contributed by atoms with van der Waals surface area (Å²) in [5.41, 5.74) is 7.84. The Morgan fingerprint density at radius 3 is 2.81 bits per heavy atom. The monoisotopic (exact) mass is 216 g/mol. The van der Waals surface area contributed by atoms with Gasteiger partial charge in [-0.1, -0.05) is 18.9 Å². The van der Waals surface area contributed by atoms with E-state index in [1.807, 2.05) is 19.9 Å². The summed E-state index contributed by atoms with van der Waals surface area (Å²) in [6, 6.07) is 4.99. The van der Waals surface area contributed by atoms with Crippen molar-refractivity contribution >= 4 is 11.6 Å². The number of carbonyl (C=O) groups excluding carboxylic acids is 1. The van der Waals surface area contributed by atoms with Crippen molar-refractivity contribution in [2.45, 2.75) is 26.3 Å². The zero-order valence-electron chi connectivity index (χ0n) is 9.58. The molecule has 0 radical (unpaired) electrons. The minimum absolute atomic E-state index is 0.184. The van der Waals surface area contributed by atoms with Gasteiger partial charge in [0.2, 0.25) is 0 Å². The van der Waals surface area contributed by atoms with E-state index in [0.717, 1.165) is 5.56 Å². The first kappa shape index (κ1) is 12.1. The van der Waals surface area contributed by atoms with Gasteiger partial charge in [0, 0.05) is 11.3 Å². The fraction of sp³-hybridized carbons (Fsp3) is 0.308. The van der Waals surface area contributed by atoms with Crippen LogP contribution < -0.4 is 11.1 Å². The van der Waals surface area contributed by atoms with Crippen molar-refractivity contribution in [2.75, 3.05) is 5.73 Å². The molecule has 1 unspecified atom stereocenters. The number of amides is 1. The summed E-state index contributed by atoms with van der Waals surface area (Å²) in [5.74, 6) is 2.33. The van der Waals surface area contributed by atoms with Gasteiger partial charge in [-0.15, -0.1) is 6.42 Å². The van der Waals surface area contributed by atoms with Crippen molar-refractivity contribution < 1.29 is 4.79 Å². The zero-order valence-corrected chi connectivity index (χ0v) is 9.58. The molecule has 1 atom stereocenters. The predicted molar refractivity (Wildman–Crippen MR) is 66.0 cm³/mol. The number of nitrogens with one attached hydrogen (secondary N) is 1. The van der Waals surface area contributed by atoms with Crippen molar-refractivity contribution in [3.05, 3.63) is 29.3 Å². The highest BCUT2D eigenvalue weighted by Crippen LogP contribution is 2.12. The minimum Gasteiger partial charge on any atom is -0.398 e. The molecule has 0 heterocycles. The fourth-order valence-corrected chi connectivity index (χ4v) is 1.28. The van der Waals surface area contributed by atoms with Crippen LogP contribution >= 0.6 is 0 Å². The largest absolute Gasteiger partial charge is 0.398 e. The van der Waals surface area contributed by atoms with E-state index in [0.29, 0.717) is 17.7 Å². The van der Waals surface area contributed by atoms with Crippen molar-refractivity contribution in [3.8, 4) is 12.3 Å². The molecular formula is C13H16N2O. The third-order valence-electron chi connectivity index (χ3n) is 2.46. The van der Waals surface area contributed by atoms with Gasteiger partial charge in [-0.2, -0.15) is 0 Å². The Morgan fingerprint density at radius 1 is 1.62 bits per heavy atom. The lowest BCUT2D eigenvalue weighted by Gasteiger charge is -2.11. The first-order valence-corrected chi connectivity index (χ1v) is 5.21. The molecule has 3 nitrogen and oxygen atoms in total. The summed E-state index contributed by atoms with van der Waals surface area (Å²) >= 11 is 0. The first-order chi connectivity index (χ1) is 7.58. The maximum absolute atomic E-state index is 11.8. The van der Waals surface area contributed by atoms with Gasteiger partial charge in [-0.05, 0) is 31.0 Å². The molecule has 0 aliphatic carbocycles. The second-order valence-electron chi connectivity index (χ2n) is 3.67. The molecular weight excluding hydrogens is 200 g/mol. The number of nitrogens with two attached hydrogens (primary N) is 1. The van der Waals surface area contributed by atoms with Crippen LogP contribution in [0.15, 0.2) is 18.2 Å². The minimum atomic E-state index is -0.227. The summed E-state index contributed by atoms with van der Waals surface area (Å²) in [6.45, 7) is 3.82. The van der Waals surface area contributed by atoms with Gasteiger partial charge in [0.15, 0.2) is 0 Å². The van der Waals surface area contributed by atoms with E-state index in [2.05, 4.69) is 11.2 Å². The second-order valence-corrected chi connectivity index (χ2v) is 3.67. The van der Waals surface area contributed by atoms with Crippen LogP contribution in [0.3, 0.4) is 0 Å². The van der Waals surface area contributed by atoms with Gasteiger partial charge in [-0.3, -0.25) is 4.79 Å². The zero-order chi connectivity index (χ0) is 12.1. The van der Waals surface area contributed by atoms with Gasteiger partial charge in [-0.25, -0.2) is 0 Å². The Bertz CT molecular complexity index is 432. The Hall–Kier alpha value is -1.95. The molecule has 1 aromatic carbocycles. The van der Waals surface area contributed by atoms with E-state index in [-0.39, 0.29) is 11.9 Å². The Labute approximate surface area is 96.0 Å². The smallest absolute Gasteiger partial charge is 0.252 e. The number of benzene rings is 1. The lowest BCUT2D eigenvalue weighted by molar-refractivity contribution is 0.0945. The number of hydrogen-bond donors (Lipinski definition) is 2. The van der Waals surface area contributed by atoms with E-state index in [1.54, 1.807) is 12.1 Å². The highest BCUT2D eigenvalue weighted by molar-refractivity contribution is 5.95. The molecule has 0 saturated heterocycles. The van der Waals surface area contributed by atoms with E-state index in [4.69, 9.17) is 12.2 Å². The molecule has 16 heavy (non-hydrogen) atoms. The predicted octanol–water partition coefficient (Wildman–Crippen LogP) is 1.72. The van der Waals surface area contributed by atoms with Crippen molar-refractivity contribution in [3.63, 3.8) is 0 Å². The molecule has 1 amide bonds. The van der Waals surface area contributed by atoms with Gasteiger partial charge in [0.1, 0.15) is 0 Å². The van der Waals surface area contributed by atoms with Crippen LogP contribution in [0.4, 0.5) is 5.69 Å². The number of rotatable bonds is 3. The van der Waals surface area contributed by atoms with Gasteiger partial charge in [0.25, 0.3) is 5.91 Å². The lowest BCUT2D eigenvalue weighted by Crippen LogP contribution is -2.33. The summed E-state index contributed by atoms with van der Waals surface area (Å²) in [6.07, 6.45) is 5.99. The number of nitrogen functional groups attached to an aromatic ring is 1. The molecule has 0 bridgehead atoms. The van der Waals surface area contributed by atoms with E-state index < -0.39 is 0 Å². The highest BCUT2D eigenvalue weighted by Gasteiger charge is 2.10. The van der Waals surface area contributed by atoms with Crippen molar-refractivity contribution in [2.24, 2.45) is 0 Å². The SMILES string of the molecule is C#CC(CC)NC(=O)c1ccc(C)c(N)c1. The highest BCUT2D eigenvalue weighted by atomic mass is 16.1. The fourth-order valence-electron chi connectivity index (χ4n) is 1.28. The van der Waals surface area contributed by atoms with Crippen LogP contribution in [-0.2, 0) is 0 Å². The molecule has 3 heteroatoms. The summed E-state index contributed by atoms with van der Waals surface area (Å²) in [5, 5.41) is 2.75. The summed E-state index contributed by atoms with van der Waals surface area (Å²) in [4.78, 5) is 11.8. The van der Waals surface area contributed by atoms with Crippen molar-refractivity contribution in [1.29, 1.82) is 0 Å².